The number of rotatable bonds is 36. The summed E-state index contributed by atoms with van der Waals surface area (Å²) in [6, 6.07) is -15.8. The van der Waals surface area contributed by atoms with Gasteiger partial charge in [0.25, 0.3) is 0 Å². The highest BCUT2D eigenvalue weighted by Crippen LogP contribution is 2.27. The molecule has 0 aromatic rings. The maximum absolute atomic E-state index is 14.4. The van der Waals surface area contributed by atoms with E-state index in [9.17, 15) is 97.1 Å². The van der Waals surface area contributed by atoms with Gasteiger partial charge in [0.05, 0.1) is 12.5 Å². The molecule has 458 valence electrons. The largest absolute Gasteiger partial charge is 0.481 e. The number of nitrogens with two attached hydrogens (primary N) is 3. The molecular weight excluding hydrogens is 1090 g/mol. The van der Waals surface area contributed by atoms with Gasteiger partial charge in [-0.15, -0.1) is 0 Å². The van der Waals surface area contributed by atoms with Gasteiger partial charge in [-0.2, -0.15) is 0 Å². The maximum Gasteiger partial charge on any atom is 0.326 e. The predicted molar refractivity (Wildman–Crippen MR) is 278 cm³/mol. The third kappa shape index (κ3) is 22.9. The number of primary amides is 2. The highest BCUT2D eigenvalue weighted by atomic mass is 16.4. The number of aliphatic carboxylic acids is 5. The summed E-state index contributed by atoms with van der Waals surface area (Å²) in [6.07, 6.45) is -6.71. The second-order valence-electron chi connectivity index (χ2n) is 20.5. The number of hydrogen-bond acceptors (Lipinski definition) is 17. The van der Waals surface area contributed by atoms with E-state index in [1.165, 1.54) is 18.7 Å². The normalized spacial score (nSPS) is 17.7. The van der Waals surface area contributed by atoms with Crippen molar-refractivity contribution in [2.75, 3.05) is 13.1 Å². The zero-order valence-corrected chi connectivity index (χ0v) is 45.8. The van der Waals surface area contributed by atoms with Crippen molar-refractivity contribution in [3.05, 3.63) is 0 Å². The topological polar surface area (TPSA) is 543 Å². The quantitative estimate of drug-likeness (QED) is 0.0279. The summed E-state index contributed by atoms with van der Waals surface area (Å²) >= 11 is 0. The fraction of sp³-hybridized carbons (Fsp3) is 0.673. The monoisotopic (exact) mass is 1170 g/mol. The van der Waals surface area contributed by atoms with Gasteiger partial charge in [0.15, 0.2) is 0 Å². The summed E-state index contributed by atoms with van der Waals surface area (Å²) in [7, 11) is 0. The minimum atomic E-state index is -1.86. The number of hydrogen-bond donors (Lipinski definition) is 15. The molecule has 2 aliphatic heterocycles. The van der Waals surface area contributed by atoms with Crippen LogP contribution in [0.2, 0.25) is 0 Å². The van der Waals surface area contributed by atoms with Gasteiger partial charge >= 0.3 is 29.8 Å². The van der Waals surface area contributed by atoms with Crippen molar-refractivity contribution < 1.29 is 102 Å². The average Bonchev–Trinajstić information content (AvgIpc) is 4.32. The third-order valence-electron chi connectivity index (χ3n) is 13.4. The zero-order valence-electron chi connectivity index (χ0n) is 45.8. The molecule has 10 atom stereocenters. The molecule has 0 aromatic heterocycles. The lowest BCUT2D eigenvalue weighted by molar-refractivity contribution is -0.150. The van der Waals surface area contributed by atoms with Crippen molar-refractivity contribution in [2.24, 2.45) is 29.0 Å². The second-order valence-corrected chi connectivity index (χ2v) is 20.5. The van der Waals surface area contributed by atoms with Gasteiger partial charge in [-0.1, -0.05) is 27.7 Å². The maximum atomic E-state index is 14.4. The van der Waals surface area contributed by atoms with E-state index in [1.807, 2.05) is 0 Å². The van der Waals surface area contributed by atoms with Crippen molar-refractivity contribution in [3.63, 3.8) is 0 Å². The summed E-state index contributed by atoms with van der Waals surface area (Å²) in [6.45, 7) is 6.23. The first-order chi connectivity index (χ1) is 38.2. The molecule has 33 nitrogen and oxygen atoms in total. The van der Waals surface area contributed by atoms with E-state index >= 15 is 0 Å². The molecule has 2 fully saturated rings. The van der Waals surface area contributed by atoms with E-state index in [0.717, 1.165) is 4.90 Å². The van der Waals surface area contributed by atoms with E-state index in [2.05, 4.69) is 37.2 Å². The van der Waals surface area contributed by atoms with Crippen LogP contribution < -0.4 is 54.4 Å². The zero-order chi connectivity index (χ0) is 62.3. The number of carbonyl (C=O) groups excluding carboxylic acids is 11. The Morgan fingerprint density at radius 1 is 0.439 bits per heavy atom. The molecule has 33 heteroatoms. The number of likely N-dealkylation sites (tertiary alicyclic amines) is 2. The fourth-order valence-electron chi connectivity index (χ4n) is 8.75. The molecule has 0 saturated carbocycles. The number of carboxylic acids is 5. The molecule has 2 aliphatic rings. The lowest BCUT2D eigenvalue weighted by atomic mass is 10.0. The lowest BCUT2D eigenvalue weighted by Gasteiger charge is -2.34. The standard InChI is InChI=1S/C49H76N12O21/c1-22(2)38(52)46(78)57-27(12-17-35(66)67)43(75)55-26(11-16-34(64)65)42(74)54-24(9-14-32(50)62)40(72)53-25(10-15-33(51)63)41(73)56-28(13-18-36(68)69)44(76)59-39(23(3)4)48(80)61-20-6-8-31(61)47(79)60-19-5-7-30(60)45(77)58-29(49(81)82)21-37(70)71/h22-31,38-39H,5-21,52H2,1-4H3,(H2,50,62)(H2,51,63)(H,53,72)(H,54,74)(H,55,75)(H,56,73)(H,57,78)(H,58,77)(H,59,76)(H,64,65)(H,66,67)(H,68,69)(H,70,71)(H,81,82)/t24-,25-,26-,27-,28-,29-,30-,31-,38-,39-/m0/s1. The number of carbonyl (C=O) groups is 16. The fourth-order valence-corrected chi connectivity index (χ4v) is 8.75. The number of nitrogens with zero attached hydrogens (tertiary/aromatic N) is 2. The van der Waals surface area contributed by atoms with E-state index < -0.39 is 238 Å². The molecule has 2 rings (SSSR count). The number of carboxylic acid groups (broad SMARTS) is 5. The summed E-state index contributed by atoms with van der Waals surface area (Å²) in [4.78, 5) is 208. The summed E-state index contributed by atoms with van der Waals surface area (Å²) in [5.41, 5.74) is 16.6. The smallest absolute Gasteiger partial charge is 0.326 e. The van der Waals surface area contributed by atoms with Gasteiger partial charge in [-0.3, -0.25) is 71.9 Å². The van der Waals surface area contributed by atoms with Crippen LogP contribution in [-0.2, 0) is 76.7 Å². The van der Waals surface area contributed by atoms with Gasteiger partial charge in [0.1, 0.15) is 54.4 Å². The van der Waals surface area contributed by atoms with Crippen molar-refractivity contribution in [2.45, 2.75) is 184 Å². The van der Waals surface area contributed by atoms with E-state index in [-0.39, 0.29) is 32.4 Å². The summed E-state index contributed by atoms with van der Waals surface area (Å²) in [5, 5.41) is 63.0. The Kier molecular flexibility index (Phi) is 28.2. The van der Waals surface area contributed by atoms with Crippen molar-refractivity contribution >= 4 is 94.8 Å². The van der Waals surface area contributed by atoms with Crippen LogP contribution in [0.15, 0.2) is 0 Å². The lowest BCUT2D eigenvalue weighted by Crippen LogP contribution is -2.61. The van der Waals surface area contributed by atoms with Crippen LogP contribution in [0.3, 0.4) is 0 Å². The molecule has 0 unspecified atom stereocenters. The highest BCUT2D eigenvalue weighted by molar-refractivity contribution is 5.99. The molecule has 11 amide bonds. The Morgan fingerprint density at radius 2 is 0.793 bits per heavy atom. The van der Waals surface area contributed by atoms with Crippen LogP contribution in [0.4, 0.5) is 0 Å². The Bertz CT molecular complexity index is 2420. The van der Waals surface area contributed by atoms with Crippen molar-refractivity contribution in [1.29, 1.82) is 0 Å². The molecular formula is C49H76N12O21. The highest BCUT2D eigenvalue weighted by Gasteiger charge is 2.45. The van der Waals surface area contributed by atoms with Gasteiger partial charge in [0.2, 0.25) is 65.0 Å². The first kappa shape index (κ1) is 69.6. The van der Waals surface area contributed by atoms with Crippen LogP contribution in [0.1, 0.15) is 124 Å². The van der Waals surface area contributed by atoms with Crippen LogP contribution >= 0.6 is 0 Å². The Morgan fingerprint density at radius 3 is 1.13 bits per heavy atom. The number of nitrogens with one attached hydrogen (secondary N) is 7. The van der Waals surface area contributed by atoms with Crippen LogP contribution in [0.25, 0.3) is 0 Å². The molecule has 0 aliphatic carbocycles. The Balaban J connectivity index is 2.45. The molecule has 2 heterocycles. The van der Waals surface area contributed by atoms with Gasteiger partial charge in [-0.25, -0.2) is 4.79 Å². The van der Waals surface area contributed by atoms with Crippen molar-refractivity contribution in [1.82, 2.24) is 47.0 Å². The molecule has 0 aromatic carbocycles. The van der Waals surface area contributed by atoms with E-state index in [1.54, 1.807) is 13.8 Å². The summed E-state index contributed by atoms with van der Waals surface area (Å²) < 4.78 is 0. The molecule has 0 spiro atoms. The predicted octanol–water partition coefficient (Wildman–Crippen LogP) is -5.31. The first-order valence-electron chi connectivity index (χ1n) is 26.4. The summed E-state index contributed by atoms with van der Waals surface area (Å²) in [5.74, 6) is -20.0. The van der Waals surface area contributed by atoms with E-state index in [0.29, 0.717) is 6.42 Å². The Hall–Kier alpha value is -8.52. The van der Waals surface area contributed by atoms with Crippen LogP contribution in [-0.4, -0.2) is 204 Å². The third-order valence-corrected chi connectivity index (χ3v) is 13.4. The van der Waals surface area contributed by atoms with Crippen LogP contribution in [0, 0.1) is 11.8 Å². The molecule has 2 saturated heterocycles. The van der Waals surface area contributed by atoms with Crippen LogP contribution in [0.5, 0.6) is 0 Å². The van der Waals surface area contributed by atoms with Gasteiger partial charge in [-0.05, 0) is 69.6 Å². The number of amides is 11. The minimum absolute atomic E-state index is 0.0134. The molecule has 82 heavy (non-hydrogen) atoms. The second kappa shape index (κ2) is 33.3. The van der Waals surface area contributed by atoms with E-state index in [4.69, 9.17) is 22.3 Å². The first-order valence-corrected chi connectivity index (χ1v) is 26.4. The SMILES string of the molecule is CC(C)[C@H](N)C(=O)N[C@@H](CCC(=O)O)C(=O)N[C@@H](CCC(=O)O)C(=O)N[C@@H](CCC(N)=O)C(=O)N[C@@H](CCC(N)=O)C(=O)N[C@@H](CCC(=O)O)C(=O)N[C@H](C(=O)N1CCC[C@H]1C(=O)N1CCC[C@H]1C(=O)N[C@@H](CC(=O)O)C(=O)O)C(C)C. The molecule has 18 N–H and O–H groups in total. The molecule has 0 radical (unpaired) electrons. The average molecular weight is 1170 g/mol. The minimum Gasteiger partial charge on any atom is -0.481 e. The Labute approximate surface area is 469 Å². The molecule has 0 bridgehead atoms. The van der Waals surface area contributed by atoms with Crippen molar-refractivity contribution in [3.8, 4) is 0 Å². The van der Waals surface area contributed by atoms with Gasteiger partial charge < -0.3 is 89.8 Å². The van der Waals surface area contributed by atoms with Gasteiger partial charge in [0, 0.05) is 45.2 Å².